The predicted molar refractivity (Wildman–Crippen MR) is 91.8 cm³/mol. The Bertz CT molecular complexity index is 983. The number of aromatic nitrogens is 4. The summed E-state index contributed by atoms with van der Waals surface area (Å²) in [6, 6.07) is 7.19. The van der Waals surface area contributed by atoms with Crippen LogP contribution in [-0.4, -0.2) is 25.7 Å². The molecule has 0 atom stereocenters. The molecule has 1 aromatic carbocycles. The third kappa shape index (κ3) is 3.44. The Morgan fingerprint density at radius 2 is 1.96 bits per heavy atom. The molecule has 1 saturated carbocycles. The second-order valence-electron chi connectivity index (χ2n) is 6.50. The number of hydrogen-bond donors (Lipinski definition) is 2. The lowest BCUT2D eigenvalue weighted by atomic mass is 10.2. The van der Waals surface area contributed by atoms with Crippen molar-refractivity contribution >= 4 is 11.6 Å². The number of anilines is 1. The Labute approximate surface area is 152 Å². The third-order valence-electron chi connectivity index (χ3n) is 4.44. The van der Waals surface area contributed by atoms with Gasteiger partial charge in [0.15, 0.2) is 0 Å². The van der Waals surface area contributed by atoms with Gasteiger partial charge >= 0.3 is 6.18 Å². The van der Waals surface area contributed by atoms with Crippen molar-refractivity contribution < 1.29 is 18.0 Å². The van der Waals surface area contributed by atoms with Crippen LogP contribution >= 0.6 is 0 Å². The van der Waals surface area contributed by atoms with E-state index in [1.54, 1.807) is 6.92 Å². The maximum Gasteiger partial charge on any atom is 0.433 e. The molecule has 0 saturated heterocycles. The molecule has 2 N–H and O–H groups in total. The lowest BCUT2D eigenvalue weighted by Gasteiger charge is -2.11. The Hall–Kier alpha value is -3.10. The molecule has 27 heavy (non-hydrogen) atoms. The van der Waals surface area contributed by atoms with Crippen molar-refractivity contribution in [3.05, 3.63) is 59.4 Å². The summed E-state index contributed by atoms with van der Waals surface area (Å²) < 4.78 is 41.0. The second-order valence-corrected chi connectivity index (χ2v) is 6.50. The first kappa shape index (κ1) is 17.3. The Morgan fingerprint density at radius 3 is 2.52 bits per heavy atom. The van der Waals surface area contributed by atoms with Crippen LogP contribution in [0.5, 0.6) is 0 Å². The number of alkyl halides is 3. The Balaban J connectivity index is 1.59. The van der Waals surface area contributed by atoms with Gasteiger partial charge in [-0.3, -0.25) is 4.79 Å². The summed E-state index contributed by atoms with van der Waals surface area (Å²) in [6.45, 7) is 1.70. The summed E-state index contributed by atoms with van der Waals surface area (Å²) in [5.74, 6) is -0.257. The molecular weight excluding hydrogens is 359 g/mol. The van der Waals surface area contributed by atoms with E-state index >= 15 is 0 Å². The van der Waals surface area contributed by atoms with Crippen molar-refractivity contribution in [2.24, 2.45) is 0 Å². The first-order chi connectivity index (χ1) is 12.8. The molecule has 2 heterocycles. The lowest BCUT2D eigenvalue weighted by Crippen LogP contribution is -2.14. The number of rotatable bonds is 4. The van der Waals surface area contributed by atoms with E-state index in [2.05, 4.69) is 20.4 Å². The SMILES string of the molecule is Cc1nc[nH]c1C(=O)Nc1ccc(-n2nc(C3CC3)cc2C(F)(F)F)cc1. The van der Waals surface area contributed by atoms with E-state index in [1.807, 2.05) is 0 Å². The van der Waals surface area contributed by atoms with Crippen LogP contribution in [-0.2, 0) is 6.18 Å². The van der Waals surface area contributed by atoms with E-state index in [-0.39, 0.29) is 17.5 Å². The number of imidazole rings is 1. The van der Waals surface area contributed by atoms with Crippen molar-refractivity contribution in [1.29, 1.82) is 0 Å². The van der Waals surface area contributed by atoms with E-state index in [4.69, 9.17) is 0 Å². The quantitative estimate of drug-likeness (QED) is 0.722. The number of hydrogen-bond acceptors (Lipinski definition) is 3. The fraction of sp³-hybridized carbons (Fsp3) is 0.278. The number of benzene rings is 1. The summed E-state index contributed by atoms with van der Waals surface area (Å²) in [6.07, 6.45) is -1.34. The van der Waals surface area contributed by atoms with Crippen LogP contribution in [0, 0.1) is 6.92 Å². The molecule has 0 radical (unpaired) electrons. The highest BCUT2D eigenvalue weighted by Gasteiger charge is 2.38. The Kier molecular flexibility index (Phi) is 4.01. The van der Waals surface area contributed by atoms with E-state index in [1.165, 1.54) is 30.6 Å². The summed E-state index contributed by atoms with van der Waals surface area (Å²) in [4.78, 5) is 18.9. The van der Waals surface area contributed by atoms with Crippen LogP contribution < -0.4 is 5.32 Å². The number of carbonyl (C=O) groups is 1. The van der Waals surface area contributed by atoms with Crippen LogP contribution in [0.15, 0.2) is 36.7 Å². The highest BCUT2D eigenvalue weighted by molar-refractivity contribution is 6.03. The first-order valence-electron chi connectivity index (χ1n) is 8.42. The highest BCUT2D eigenvalue weighted by atomic mass is 19.4. The smallest absolute Gasteiger partial charge is 0.340 e. The van der Waals surface area contributed by atoms with Gasteiger partial charge in [-0.2, -0.15) is 18.3 Å². The highest BCUT2D eigenvalue weighted by Crippen LogP contribution is 2.42. The van der Waals surface area contributed by atoms with Crippen molar-refractivity contribution in [2.75, 3.05) is 5.32 Å². The van der Waals surface area contributed by atoms with Gasteiger partial charge in [0.25, 0.3) is 5.91 Å². The molecule has 1 amide bonds. The minimum atomic E-state index is -4.49. The monoisotopic (exact) mass is 375 g/mol. The van der Waals surface area contributed by atoms with Gasteiger partial charge in [-0.1, -0.05) is 0 Å². The van der Waals surface area contributed by atoms with Gasteiger partial charge in [0.05, 0.1) is 23.4 Å². The number of amides is 1. The number of nitrogens with zero attached hydrogens (tertiary/aromatic N) is 3. The Morgan fingerprint density at radius 1 is 1.26 bits per heavy atom. The van der Waals surface area contributed by atoms with Crippen LogP contribution in [0.3, 0.4) is 0 Å². The maximum atomic E-state index is 13.4. The number of aromatic amines is 1. The molecule has 4 rings (SSSR count). The zero-order chi connectivity index (χ0) is 19.2. The standard InChI is InChI=1S/C18H16F3N5O/c1-10-16(23-9-22-10)17(27)24-12-4-6-13(7-5-12)26-15(18(19,20)21)8-14(25-26)11-2-3-11/h4-9,11H,2-3H2,1H3,(H,22,23)(H,24,27). The topological polar surface area (TPSA) is 75.6 Å². The molecular formula is C18H16F3N5O. The summed E-state index contributed by atoms with van der Waals surface area (Å²) >= 11 is 0. The molecule has 0 bridgehead atoms. The van der Waals surface area contributed by atoms with Crippen LogP contribution in [0.25, 0.3) is 5.69 Å². The first-order valence-corrected chi connectivity index (χ1v) is 8.42. The number of aryl methyl sites for hydroxylation is 1. The molecule has 1 fully saturated rings. The molecule has 3 aromatic rings. The molecule has 9 heteroatoms. The molecule has 2 aromatic heterocycles. The largest absolute Gasteiger partial charge is 0.433 e. The van der Waals surface area contributed by atoms with Crippen molar-refractivity contribution in [1.82, 2.24) is 19.7 Å². The number of halogens is 3. The van der Waals surface area contributed by atoms with Crippen molar-refractivity contribution in [2.45, 2.75) is 31.9 Å². The molecule has 1 aliphatic rings. The normalized spacial score (nSPS) is 14.4. The fourth-order valence-electron chi connectivity index (χ4n) is 2.85. The predicted octanol–water partition coefficient (Wildman–Crippen LogP) is 4.05. The number of nitrogens with one attached hydrogen (secondary N) is 2. The van der Waals surface area contributed by atoms with Gasteiger partial charge < -0.3 is 10.3 Å². The zero-order valence-corrected chi connectivity index (χ0v) is 14.3. The van der Waals surface area contributed by atoms with Gasteiger partial charge in [-0.05, 0) is 50.1 Å². The minimum absolute atomic E-state index is 0.114. The fourth-order valence-corrected chi connectivity index (χ4v) is 2.85. The number of carbonyl (C=O) groups excluding carboxylic acids is 1. The number of H-pyrrole nitrogens is 1. The summed E-state index contributed by atoms with van der Waals surface area (Å²) in [7, 11) is 0. The molecule has 1 aliphatic carbocycles. The van der Waals surface area contributed by atoms with E-state index in [0.29, 0.717) is 22.8 Å². The molecule has 0 spiro atoms. The molecule has 0 unspecified atom stereocenters. The van der Waals surface area contributed by atoms with E-state index in [0.717, 1.165) is 23.6 Å². The lowest BCUT2D eigenvalue weighted by molar-refractivity contribution is -0.142. The van der Waals surface area contributed by atoms with Gasteiger partial charge in [0, 0.05) is 11.6 Å². The van der Waals surface area contributed by atoms with Crippen LogP contribution in [0.4, 0.5) is 18.9 Å². The van der Waals surface area contributed by atoms with E-state index in [9.17, 15) is 18.0 Å². The van der Waals surface area contributed by atoms with Crippen molar-refractivity contribution in [3.63, 3.8) is 0 Å². The third-order valence-corrected chi connectivity index (χ3v) is 4.44. The maximum absolute atomic E-state index is 13.4. The van der Waals surface area contributed by atoms with Crippen LogP contribution in [0.1, 0.15) is 46.3 Å². The summed E-state index contributed by atoms with van der Waals surface area (Å²) in [5.41, 5.74) is 1.30. The second kappa shape index (κ2) is 6.26. The summed E-state index contributed by atoms with van der Waals surface area (Å²) in [5, 5.41) is 6.83. The zero-order valence-electron chi connectivity index (χ0n) is 14.3. The van der Waals surface area contributed by atoms with Gasteiger partial charge in [0.1, 0.15) is 11.4 Å². The molecule has 140 valence electrons. The minimum Gasteiger partial charge on any atom is -0.340 e. The average Bonchev–Trinajstić information content (AvgIpc) is 3.20. The average molecular weight is 375 g/mol. The molecule has 0 aliphatic heterocycles. The van der Waals surface area contributed by atoms with Gasteiger partial charge in [0.2, 0.25) is 0 Å². The van der Waals surface area contributed by atoms with Gasteiger partial charge in [-0.25, -0.2) is 9.67 Å². The van der Waals surface area contributed by atoms with Crippen LogP contribution in [0.2, 0.25) is 0 Å². The van der Waals surface area contributed by atoms with Crippen molar-refractivity contribution in [3.8, 4) is 5.69 Å². The molecule has 6 nitrogen and oxygen atoms in total. The van der Waals surface area contributed by atoms with E-state index < -0.39 is 11.9 Å². The van der Waals surface area contributed by atoms with Gasteiger partial charge in [-0.15, -0.1) is 0 Å².